The Morgan fingerprint density at radius 3 is 1.59 bits per heavy atom. The quantitative estimate of drug-likeness (QED) is 0.0575. The number of hydrogen-bond donors (Lipinski definition) is 11. The van der Waals surface area contributed by atoms with Gasteiger partial charge in [0.25, 0.3) is 6.02 Å². The Labute approximate surface area is 266 Å². The topological polar surface area (TPSA) is 363 Å². The van der Waals surface area contributed by atoms with E-state index in [1.54, 1.807) is 0 Å². The molecule has 19 heteroatoms. The zero-order chi connectivity index (χ0) is 36.5. The molecule has 17 nitrogen and oxygen atoms in total. The SMILES string of the molecule is C.C.COC(=N)N.N#CCC[C@H](N)C(=O)O.[2H]C([2H])(CC[C@H](N)C(=O)O)N=C(N)N.[2H]C([2H])(N)CC[C@H](N)C(=O)O.[2H][B-]([2H])([2H])[2H].[Na+]. The Bertz CT molecular complexity index is 922. The number of carboxylic acids is 3. The molecule has 0 aromatic carbocycles. The van der Waals surface area contributed by atoms with Gasteiger partial charge in [-0.25, -0.2) is 5.34 Å². The van der Waals surface area contributed by atoms with Crippen molar-refractivity contribution in [2.75, 3.05) is 20.1 Å². The molecule has 0 aliphatic carbocycles. The molecular formula is C20H52BN10NaO7. The molecule has 0 saturated heterocycles. The first-order valence-electron chi connectivity index (χ1n) is 13.9. The number of methoxy groups -OCH3 is 1. The normalized spacial score (nSPS) is 14.3. The van der Waals surface area contributed by atoms with E-state index in [9.17, 15) is 14.4 Å². The fraction of sp³-hybridized carbons (Fsp3) is 0.700. The number of nitriles is 1. The van der Waals surface area contributed by atoms with E-state index in [1.165, 1.54) is 7.11 Å². The zero-order valence-corrected chi connectivity index (χ0v) is 23.0. The van der Waals surface area contributed by atoms with Crippen LogP contribution in [-0.4, -0.2) is 97.0 Å². The number of nitrogens with two attached hydrogens (primary N) is 7. The van der Waals surface area contributed by atoms with Gasteiger partial charge in [0.1, 0.15) is 18.1 Å². The summed E-state index contributed by atoms with van der Waals surface area (Å²) in [6.07, 6.45) is 0.274. The van der Waals surface area contributed by atoms with Gasteiger partial charge in [-0.3, -0.25) is 24.8 Å². The van der Waals surface area contributed by atoms with E-state index in [-0.39, 0.29) is 94.9 Å². The van der Waals surface area contributed by atoms with E-state index in [1.807, 2.05) is 6.07 Å². The van der Waals surface area contributed by atoms with Crippen LogP contribution in [-0.2, 0) is 19.1 Å². The van der Waals surface area contributed by atoms with Crippen LogP contribution < -0.4 is 69.7 Å². The summed E-state index contributed by atoms with van der Waals surface area (Å²) in [5.41, 5.74) is 34.9. The molecule has 0 fully saturated rings. The van der Waals surface area contributed by atoms with Crippen molar-refractivity contribution in [3.63, 3.8) is 0 Å². The van der Waals surface area contributed by atoms with Gasteiger partial charge in [-0.15, -0.1) is 0 Å². The maximum atomic E-state index is 10.3. The van der Waals surface area contributed by atoms with E-state index in [0.717, 1.165) is 0 Å². The predicted molar refractivity (Wildman–Crippen MR) is 154 cm³/mol. The Hall–Kier alpha value is -2.66. The van der Waals surface area contributed by atoms with Crippen molar-refractivity contribution in [2.24, 2.45) is 45.1 Å². The number of amidine groups is 1. The monoisotopic (exact) mass is 586 g/mol. The second-order valence-corrected chi connectivity index (χ2v) is 6.08. The number of hydrogen-bond acceptors (Lipinski definition) is 11. The number of aliphatic carboxylic acids is 3. The fourth-order valence-corrected chi connectivity index (χ4v) is 1.20. The van der Waals surface area contributed by atoms with Gasteiger partial charge in [-0.2, -0.15) is 5.26 Å². The minimum absolute atomic E-state index is 0. The van der Waals surface area contributed by atoms with Gasteiger partial charge in [0, 0.05) is 15.7 Å². The number of ether oxygens (including phenoxy) is 1. The summed E-state index contributed by atoms with van der Waals surface area (Å²) in [4.78, 5) is 33.7. The van der Waals surface area contributed by atoms with E-state index < -0.39 is 57.3 Å². The van der Waals surface area contributed by atoms with Gasteiger partial charge < -0.3 is 60.2 Å². The number of carboxylic acid groups (broad SMARTS) is 3. The first-order chi connectivity index (χ1) is 19.5. The number of nitrogens with zero attached hydrogens (tertiary/aromatic N) is 2. The third kappa shape index (κ3) is 56.6. The molecule has 0 aliphatic rings. The molecular weight excluding hydrogens is 526 g/mol. The molecule has 0 aromatic heterocycles. The van der Waals surface area contributed by atoms with E-state index in [4.69, 9.17) is 71.2 Å². The number of aliphatic imine (C=N–C) groups is 1. The Morgan fingerprint density at radius 1 is 1.00 bits per heavy atom. The average molecular weight is 587 g/mol. The maximum Gasteiger partial charge on any atom is 1.00 e. The van der Waals surface area contributed by atoms with Crippen LogP contribution in [0.25, 0.3) is 0 Å². The molecule has 18 N–H and O–H groups in total. The van der Waals surface area contributed by atoms with Crippen LogP contribution in [0.5, 0.6) is 0 Å². The van der Waals surface area contributed by atoms with Crippen molar-refractivity contribution in [2.45, 2.75) is 71.5 Å². The molecule has 0 spiro atoms. The van der Waals surface area contributed by atoms with Crippen LogP contribution >= 0.6 is 0 Å². The molecule has 0 heterocycles. The molecule has 0 saturated carbocycles. The van der Waals surface area contributed by atoms with E-state index in [2.05, 4.69) is 15.5 Å². The van der Waals surface area contributed by atoms with Crippen LogP contribution in [0.1, 0.15) is 58.9 Å². The molecule has 0 unspecified atom stereocenters. The van der Waals surface area contributed by atoms with Crippen molar-refractivity contribution >= 4 is 38.2 Å². The fourth-order valence-electron chi connectivity index (χ4n) is 1.20. The van der Waals surface area contributed by atoms with Crippen LogP contribution in [0.15, 0.2) is 4.99 Å². The summed E-state index contributed by atoms with van der Waals surface area (Å²) in [7, 11) is -1.65. The van der Waals surface area contributed by atoms with E-state index in [0.29, 0.717) is 0 Å². The second-order valence-electron chi connectivity index (χ2n) is 6.08. The van der Waals surface area contributed by atoms with Gasteiger partial charge in [-0.1, -0.05) is 23.1 Å². The predicted octanol–water partition coefficient (Wildman–Crippen LogP) is -6.36. The molecule has 3 atom stereocenters. The molecule has 39 heavy (non-hydrogen) atoms. The third-order valence-electron chi connectivity index (χ3n) is 3.11. The smallest absolute Gasteiger partial charge is 0.480 e. The second kappa shape index (κ2) is 39.9. The minimum atomic E-state index is -3.00. The summed E-state index contributed by atoms with van der Waals surface area (Å²) < 4.78 is 56.4. The van der Waals surface area contributed by atoms with Crippen molar-refractivity contribution in [3.8, 4) is 6.07 Å². The minimum Gasteiger partial charge on any atom is -0.480 e. The summed E-state index contributed by atoms with van der Waals surface area (Å²) in [6, 6.07) is -1.44. The van der Waals surface area contributed by atoms with Crippen LogP contribution in [0, 0.1) is 16.7 Å². The van der Waals surface area contributed by atoms with Gasteiger partial charge in [0.2, 0.25) is 0 Å². The third-order valence-corrected chi connectivity index (χ3v) is 3.11. The van der Waals surface area contributed by atoms with Gasteiger partial charge in [0.15, 0.2) is 5.96 Å². The maximum absolute atomic E-state index is 10.3. The molecule has 0 amide bonds. The van der Waals surface area contributed by atoms with Gasteiger partial charge in [0.05, 0.1) is 15.9 Å². The summed E-state index contributed by atoms with van der Waals surface area (Å²) in [5, 5.41) is 39.2. The van der Waals surface area contributed by atoms with Crippen molar-refractivity contribution < 1.29 is 69.5 Å². The molecule has 0 bridgehead atoms. The van der Waals surface area contributed by atoms with E-state index >= 15 is 0 Å². The number of nitrogens with one attached hydrogen (secondary N) is 1. The van der Waals surface area contributed by atoms with Crippen molar-refractivity contribution in [1.29, 1.82) is 16.0 Å². The molecule has 0 aliphatic heterocycles. The van der Waals surface area contributed by atoms with Gasteiger partial charge >= 0.3 is 47.5 Å². The molecule has 0 aromatic rings. The number of guanidine groups is 1. The molecule has 0 rings (SSSR count). The van der Waals surface area contributed by atoms with Crippen molar-refractivity contribution in [1.82, 2.24) is 0 Å². The Balaban J connectivity index is -0.0000000697. The Morgan fingerprint density at radius 2 is 1.33 bits per heavy atom. The van der Waals surface area contributed by atoms with Crippen LogP contribution in [0.2, 0.25) is 0 Å². The van der Waals surface area contributed by atoms with Crippen LogP contribution in [0.4, 0.5) is 0 Å². The molecule has 0 radical (unpaired) electrons. The van der Waals surface area contributed by atoms with Crippen LogP contribution in [0.3, 0.4) is 0 Å². The zero-order valence-electron chi connectivity index (χ0n) is 29.0. The summed E-state index contributed by atoms with van der Waals surface area (Å²) in [5.74, 6) is -3.73. The summed E-state index contributed by atoms with van der Waals surface area (Å²) >= 11 is 0. The average Bonchev–Trinajstić information content (AvgIpc) is 2.82. The number of carbonyl (C=O) groups is 3. The summed E-state index contributed by atoms with van der Waals surface area (Å²) in [6.45, 7) is -3.79. The first kappa shape index (κ1) is 34.4. The first-order valence-corrected chi connectivity index (χ1v) is 9.62. The molecule has 228 valence electrons. The largest absolute Gasteiger partial charge is 1.00 e. The van der Waals surface area contributed by atoms with Gasteiger partial charge in [-0.05, 0) is 38.6 Å². The number of rotatable bonds is 12. The Kier molecular flexibility index (Phi) is 35.1. The standard InChI is InChI=1S/C6H14N4O2.C5H12N2O2.C5H8N2O2.C2H6N2O.2CH4.BH4.Na/c7-4(5(11)12)2-1-3-10-6(8)9;2*6-3-1-2-4(7)5(8)9;1-5-2(3)4;;;;/h4H,1-3,7H2,(H,11,12)(H4,8,9,10);4H,1-3,6-7H2,(H,8,9);4H,1-2,7H2,(H,8,9);1H3,(H3,3,4);3*1H4;/q;;;;;;-1;+1/t3*4-;;;;;/m000...../s1/i2*3D2;;;;;1D4;. The van der Waals surface area contributed by atoms with Crippen molar-refractivity contribution in [3.05, 3.63) is 0 Å².